The van der Waals surface area contributed by atoms with Crippen LogP contribution in [0.25, 0.3) is 0 Å². The van der Waals surface area contributed by atoms with Gasteiger partial charge in [0.15, 0.2) is 6.10 Å². The van der Waals surface area contributed by atoms with E-state index >= 15 is 0 Å². The van der Waals surface area contributed by atoms with Crippen LogP contribution in [-0.4, -0.2) is 63.5 Å². The van der Waals surface area contributed by atoms with Crippen LogP contribution in [-0.2, 0) is 28.2 Å². The van der Waals surface area contributed by atoms with Gasteiger partial charge in [0, 0.05) is 12.8 Å². The molecule has 0 aliphatic heterocycles. The van der Waals surface area contributed by atoms with Gasteiger partial charge in [-0.05, 0) is 77.0 Å². The maximum Gasteiger partial charge on any atom is 0.469 e. The van der Waals surface area contributed by atoms with Crippen LogP contribution in [0.2, 0.25) is 0 Å². The van der Waals surface area contributed by atoms with Gasteiger partial charge in [-0.1, -0.05) is 148 Å². The lowest BCUT2D eigenvalue weighted by Gasteiger charge is -2.18. The van der Waals surface area contributed by atoms with E-state index in [1.54, 1.807) is 42.5 Å². The average Bonchev–Trinajstić information content (AvgIpc) is 3.16. The lowest BCUT2D eigenvalue weighted by Crippen LogP contribution is -2.29. The number of ether oxygens (including phenoxy) is 2. The molecule has 56 heavy (non-hydrogen) atoms. The first-order chi connectivity index (χ1) is 27.1. The van der Waals surface area contributed by atoms with Crippen molar-refractivity contribution in [3.05, 3.63) is 122 Å². The summed E-state index contributed by atoms with van der Waals surface area (Å²) in [6.45, 7) is 3.19. The summed E-state index contributed by atoms with van der Waals surface area (Å²) in [6, 6.07) is 0. The van der Waals surface area contributed by atoms with E-state index in [1.807, 2.05) is 37.3 Å². The van der Waals surface area contributed by atoms with Gasteiger partial charge < -0.3 is 29.5 Å². The third-order valence-electron chi connectivity index (χ3n) is 7.66. The van der Waals surface area contributed by atoms with Crippen LogP contribution >= 0.6 is 7.82 Å². The van der Waals surface area contributed by atoms with Crippen molar-refractivity contribution in [3.8, 4) is 0 Å². The molecule has 0 spiro atoms. The van der Waals surface area contributed by atoms with E-state index in [4.69, 9.17) is 19.3 Å². The van der Waals surface area contributed by atoms with Crippen molar-refractivity contribution in [2.45, 2.75) is 135 Å². The van der Waals surface area contributed by atoms with Gasteiger partial charge in [-0.3, -0.25) is 14.1 Å². The van der Waals surface area contributed by atoms with Crippen molar-refractivity contribution in [2.75, 3.05) is 13.2 Å². The third kappa shape index (κ3) is 40.0. The minimum absolute atomic E-state index is 0.0164. The number of aliphatic hydroxyl groups excluding tert-OH is 2. The molecule has 0 aromatic carbocycles. The Hall–Kier alpha value is -3.63. The second-order valence-electron chi connectivity index (χ2n) is 12.9. The van der Waals surface area contributed by atoms with Crippen molar-refractivity contribution < 1.29 is 48.2 Å². The van der Waals surface area contributed by atoms with Gasteiger partial charge in [-0.15, -0.1) is 0 Å². The molecule has 0 amide bonds. The minimum Gasteiger partial charge on any atom is -0.462 e. The zero-order valence-corrected chi connectivity index (χ0v) is 34.6. The average molecular weight is 801 g/mol. The molecule has 0 aromatic heterocycles. The van der Waals surface area contributed by atoms with Crippen molar-refractivity contribution in [1.29, 1.82) is 0 Å². The predicted octanol–water partition coefficient (Wildman–Crippen LogP) is 10.1. The van der Waals surface area contributed by atoms with E-state index < -0.39 is 44.7 Å². The second kappa shape index (κ2) is 38.3. The predicted molar refractivity (Wildman–Crippen MR) is 227 cm³/mol. The molecule has 0 unspecified atom stereocenters. The maximum absolute atomic E-state index is 12.4. The quantitative estimate of drug-likeness (QED) is 0.0162. The molecule has 4 N–H and O–H groups in total. The maximum atomic E-state index is 12.4. The fourth-order valence-electron chi connectivity index (χ4n) is 4.68. The van der Waals surface area contributed by atoms with E-state index in [2.05, 4.69) is 60.1 Å². The van der Waals surface area contributed by atoms with E-state index in [0.717, 1.165) is 57.8 Å². The number of aliphatic hydroxyl groups is 2. The Kier molecular flexibility index (Phi) is 35.8. The van der Waals surface area contributed by atoms with Gasteiger partial charge in [0.2, 0.25) is 0 Å². The molecule has 0 aromatic rings. The number of carbonyl (C=O) groups excluding carboxylic acids is 2. The van der Waals surface area contributed by atoms with Crippen molar-refractivity contribution >= 4 is 19.8 Å². The number of hydrogen-bond donors (Lipinski definition) is 4. The number of rotatable bonds is 34. The van der Waals surface area contributed by atoms with Gasteiger partial charge in [0.05, 0.1) is 18.8 Å². The molecule has 0 heterocycles. The van der Waals surface area contributed by atoms with Crippen LogP contribution in [0.3, 0.4) is 0 Å². The highest BCUT2D eigenvalue weighted by Gasteiger charge is 2.22. The first-order valence-electron chi connectivity index (χ1n) is 20.0. The van der Waals surface area contributed by atoms with E-state index in [-0.39, 0.29) is 19.4 Å². The molecule has 0 saturated heterocycles. The summed E-state index contributed by atoms with van der Waals surface area (Å²) in [6.07, 6.45) is 48.5. The highest BCUT2D eigenvalue weighted by molar-refractivity contribution is 7.46. The summed E-state index contributed by atoms with van der Waals surface area (Å²) < 4.78 is 26.2. The molecule has 11 heteroatoms. The Morgan fingerprint density at radius 3 is 1.61 bits per heavy atom. The lowest BCUT2D eigenvalue weighted by molar-refractivity contribution is -0.161. The summed E-state index contributed by atoms with van der Waals surface area (Å²) >= 11 is 0. The molecule has 0 bridgehead atoms. The van der Waals surface area contributed by atoms with Gasteiger partial charge in [-0.25, -0.2) is 4.57 Å². The summed E-state index contributed by atoms with van der Waals surface area (Å²) in [5, 5.41) is 19.9. The Labute approximate surface area is 336 Å². The minimum atomic E-state index is -4.82. The van der Waals surface area contributed by atoms with E-state index in [0.29, 0.717) is 32.1 Å². The zero-order valence-electron chi connectivity index (χ0n) is 33.7. The topological polar surface area (TPSA) is 160 Å². The van der Waals surface area contributed by atoms with Gasteiger partial charge in [0.25, 0.3) is 0 Å². The molecule has 314 valence electrons. The van der Waals surface area contributed by atoms with Crippen LogP contribution in [0, 0.1) is 0 Å². The first-order valence-corrected chi connectivity index (χ1v) is 21.6. The van der Waals surface area contributed by atoms with Crippen LogP contribution in [0.15, 0.2) is 122 Å². The monoisotopic (exact) mass is 800 g/mol. The Bertz CT molecular complexity index is 1350. The fourth-order valence-corrected chi connectivity index (χ4v) is 5.04. The summed E-state index contributed by atoms with van der Waals surface area (Å²) in [4.78, 5) is 42.8. The lowest BCUT2D eigenvalue weighted by atomic mass is 10.1. The normalized spacial score (nSPS) is 14.9. The zero-order chi connectivity index (χ0) is 41.4. The molecule has 0 fully saturated rings. The highest BCUT2D eigenvalue weighted by Crippen LogP contribution is 2.35. The molecule has 0 aliphatic carbocycles. The number of allylic oxidation sites excluding steroid dienone is 16. The molecular formula is C45H69O10P. The number of phosphoric ester groups is 1. The molecule has 0 rings (SSSR count). The Balaban J connectivity index is 4.27. The Morgan fingerprint density at radius 2 is 1.04 bits per heavy atom. The highest BCUT2D eigenvalue weighted by atomic mass is 31.2. The van der Waals surface area contributed by atoms with Crippen molar-refractivity contribution in [3.63, 3.8) is 0 Å². The van der Waals surface area contributed by atoms with Crippen LogP contribution in [0.5, 0.6) is 0 Å². The number of carbonyl (C=O) groups is 2. The largest absolute Gasteiger partial charge is 0.469 e. The summed E-state index contributed by atoms with van der Waals surface area (Å²) in [5.74, 6) is -1.10. The number of phosphoric acid groups is 1. The van der Waals surface area contributed by atoms with Gasteiger partial charge >= 0.3 is 19.8 Å². The van der Waals surface area contributed by atoms with Crippen LogP contribution < -0.4 is 0 Å². The van der Waals surface area contributed by atoms with Gasteiger partial charge in [-0.2, -0.15) is 0 Å². The van der Waals surface area contributed by atoms with E-state index in [1.165, 1.54) is 0 Å². The molecule has 0 saturated carbocycles. The molecule has 10 nitrogen and oxygen atoms in total. The van der Waals surface area contributed by atoms with Crippen LogP contribution in [0.4, 0.5) is 0 Å². The molecule has 0 radical (unpaired) electrons. The smallest absolute Gasteiger partial charge is 0.462 e. The standard InChI is InChI=1S/C45H69O10P/c1-3-5-7-8-9-10-11-12-13-14-15-16-17-18-19-23-31-37-44(48)53-39-43(40-54-56(50,51)52)55-45(49)38-32-24-21-20-22-28-34-42(47)36-30-26-25-29-35-41(46)33-27-6-4-2/h5-7,9-10,12-13,15-16,21-22,24-30,35-36,41-43,46-47H,3-4,8,11,14,17-20,23,31-34,37-40H2,1-2H3,(H2,50,51,52)/b7-5-,10-9-,13-12-,16-15-,24-21-,26-25-,27-6-,28-22-,35-29+,36-30+/t41-,42+,43+/m0/s1. The fraction of sp³-hybridized carbons (Fsp3) is 0.511. The first kappa shape index (κ1) is 52.4. The van der Waals surface area contributed by atoms with Gasteiger partial charge in [0.1, 0.15) is 6.61 Å². The molecule has 0 aliphatic rings. The summed E-state index contributed by atoms with van der Waals surface area (Å²) in [7, 11) is -4.82. The third-order valence-corrected chi connectivity index (χ3v) is 8.14. The number of esters is 2. The SMILES string of the molecule is CC/C=C\C/C=C\C/C=C\C/C=C\CCCCCCC(=O)OC[C@H](COP(=O)(O)O)OC(=O)CC/C=C\C/C=C\C[C@@H](O)/C=C/C=C\C=C\[C@@H](O)C/C=C\CC. The second-order valence-corrected chi connectivity index (χ2v) is 14.1. The number of hydrogen-bond acceptors (Lipinski definition) is 8. The molecular weight excluding hydrogens is 731 g/mol. The molecule has 3 atom stereocenters. The van der Waals surface area contributed by atoms with E-state index in [9.17, 15) is 24.4 Å². The number of unbranched alkanes of at least 4 members (excludes halogenated alkanes) is 4. The van der Waals surface area contributed by atoms with Crippen molar-refractivity contribution in [2.24, 2.45) is 0 Å². The Morgan fingerprint density at radius 1 is 0.554 bits per heavy atom. The van der Waals surface area contributed by atoms with Crippen LogP contribution in [0.1, 0.15) is 117 Å². The van der Waals surface area contributed by atoms with Crippen molar-refractivity contribution in [1.82, 2.24) is 0 Å². The summed E-state index contributed by atoms with van der Waals surface area (Å²) in [5.41, 5.74) is 0.